The largest absolute Gasteiger partial charge is 0.493 e. The van der Waals surface area contributed by atoms with Crippen molar-refractivity contribution in [2.75, 3.05) is 21.3 Å². The molecule has 0 aliphatic heterocycles. The van der Waals surface area contributed by atoms with E-state index in [1.165, 1.54) is 58.6 Å². The van der Waals surface area contributed by atoms with Crippen molar-refractivity contribution in [3.63, 3.8) is 0 Å². The Labute approximate surface area is 155 Å². The summed E-state index contributed by atoms with van der Waals surface area (Å²) in [6, 6.07) is 6.95. The SMILES string of the molecule is COc1cc(C(=O)CC(=O)c2ccc([N+](=O)[O-])c(C)c2)cc(OC)c1OC. The number of ether oxygens (including phenoxy) is 3. The third-order valence-electron chi connectivity index (χ3n) is 4.02. The Hall–Kier alpha value is -3.42. The molecule has 0 spiro atoms. The van der Waals surface area contributed by atoms with Crippen LogP contribution in [-0.4, -0.2) is 37.8 Å². The van der Waals surface area contributed by atoms with Crippen molar-refractivity contribution in [2.45, 2.75) is 13.3 Å². The maximum atomic E-state index is 12.5. The zero-order chi connectivity index (χ0) is 20.1. The van der Waals surface area contributed by atoms with Gasteiger partial charge in [-0.15, -0.1) is 0 Å². The summed E-state index contributed by atoms with van der Waals surface area (Å²) in [6.45, 7) is 1.54. The Morgan fingerprint density at radius 3 is 1.93 bits per heavy atom. The molecular weight excluding hydrogens is 354 g/mol. The predicted octanol–water partition coefficient (Wildman–Crippen LogP) is 3.38. The van der Waals surface area contributed by atoms with Crippen LogP contribution in [0.1, 0.15) is 32.7 Å². The van der Waals surface area contributed by atoms with E-state index in [9.17, 15) is 19.7 Å². The van der Waals surface area contributed by atoms with Crippen LogP contribution >= 0.6 is 0 Å². The van der Waals surface area contributed by atoms with Crippen molar-refractivity contribution in [3.8, 4) is 17.2 Å². The molecule has 0 amide bonds. The fourth-order valence-corrected chi connectivity index (χ4v) is 2.63. The zero-order valence-electron chi connectivity index (χ0n) is 15.4. The number of methoxy groups -OCH3 is 3. The van der Waals surface area contributed by atoms with Crippen LogP contribution in [0, 0.1) is 17.0 Å². The lowest BCUT2D eigenvalue weighted by Crippen LogP contribution is -2.10. The van der Waals surface area contributed by atoms with Gasteiger partial charge < -0.3 is 14.2 Å². The average Bonchev–Trinajstić information content (AvgIpc) is 2.65. The molecule has 0 heterocycles. The summed E-state index contributed by atoms with van der Waals surface area (Å²) in [6.07, 6.45) is -0.393. The summed E-state index contributed by atoms with van der Waals surface area (Å²) in [7, 11) is 4.30. The quantitative estimate of drug-likeness (QED) is 0.302. The number of nitrogens with zero attached hydrogens (tertiary/aromatic N) is 1. The van der Waals surface area contributed by atoms with Gasteiger partial charge in [0.2, 0.25) is 5.75 Å². The van der Waals surface area contributed by atoms with Crippen LogP contribution in [0.15, 0.2) is 30.3 Å². The van der Waals surface area contributed by atoms with Crippen LogP contribution in [-0.2, 0) is 0 Å². The summed E-state index contributed by atoms with van der Waals surface area (Å²) in [4.78, 5) is 35.3. The Balaban J connectivity index is 2.28. The molecule has 0 radical (unpaired) electrons. The molecule has 8 nitrogen and oxygen atoms in total. The van der Waals surface area contributed by atoms with E-state index in [4.69, 9.17) is 14.2 Å². The molecule has 0 saturated carbocycles. The van der Waals surface area contributed by atoms with Gasteiger partial charge in [-0.1, -0.05) is 0 Å². The lowest BCUT2D eigenvalue weighted by atomic mass is 9.99. The number of aryl methyl sites for hydroxylation is 1. The van der Waals surface area contributed by atoms with Gasteiger partial charge >= 0.3 is 0 Å². The summed E-state index contributed by atoms with van der Waals surface area (Å²) >= 11 is 0. The molecule has 0 fully saturated rings. The van der Waals surface area contributed by atoms with Crippen LogP contribution in [0.4, 0.5) is 5.69 Å². The molecule has 0 aromatic heterocycles. The van der Waals surface area contributed by atoms with Gasteiger partial charge in [0, 0.05) is 22.8 Å². The molecule has 0 atom stereocenters. The van der Waals surface area contributed by atoms with E-state index in [1.807, 2.05) is 0 Å². The number of nitro benzene ring substituents is 1. The fourth-order valence-electron chi connectivity index (χ4n) is 2.63. The third kappa shape index (κ3) is 4.22. The molecule has 8 heteroatoms. The predicted molar refractivity (Wildman–Crippen MR) is 97.2 cm³/mol. The zero-order valence-corrected chi connectivity index (χ0v) is 15.4. The first-order chi connectivity index (χ1) is 12.8. The summed E-state index contributed by atoms with van der Waals surface area (Å²) < 4.78 is 15.6. The first-order valence-corrected chi connectivity index (χ1v) is 7.93. The Bertz CT molecular complexity index is 880. The van der Waals surface area contributed by atoms with E-state index in [0.717, 1.165) is 0 Å². The van der Waals surface area contributed by atoms with Crippen molar-refractivity contribution < 1.29 is 28.7 Å². The fraction of sp³-hybridized carbons (Fsp3) is 0.263. The van der Waals surface area contributed by atoms with Crippen molar-refractivity contribution in [1.29, 1.82) is 0 Å². The Kier molecular flexibility index (Phi) is 6.12. The maximum Gasteiger partial charge on any atom is 0.272 e. The minimum atomic E-state index is -0.523. The maximum absolute atomic E-state index is 12.5. The molecule has 2 aromatic carbocycles. The van der Waals surface area contributed by atoms with E-state index in [-0.39, 0.29) is 16.8 Å². The third-order valence-corrected chi connectivity index (χ3v) is 4.02. The second-order valence-corrected chi connectivity index (χ2v) is 5.70. The van der Waals surface area contributed by atoms with Gasteiger partial charge in [-0.25, -0.2) is 0 Å². The highest BCUT2D eigenvalue weighted by molar-refractivity contribution is 6.14. The van der Waals surface area contributed by atoms with Gasteiger partial charge in [-0.2, -0.15) is 0 Å². The number of ketones is 2. The average molecular weight is 373 g/mol. The topological polar surface area (TPSA) is 105 Å². The summed E-state index contributed by atoms with van der Waals surface area (Å²) in [5, 5.41) is 10.9. The molecule has 142 valence electrons. The minimum absolute atomic E-state index is 0.0810. The molecule has 2 aromatic rings. The molecule has 0 bridgehead atoms. The first-order valence-electron chi connectivity index (χ1n) is 7.93. The first kappa shape index (κ1) is 19.9. The van der Waals surface area contributed by atoms with E-state index in [2.05, 4.69) is 0 Å². The standard InChI is InChI=1S/C19H19NO7/c1-11-7-12(5-6-14(11)20(23)24)15(21)10-16(22)13-8-17(25-2)19(27-4)18(9-13)26-3/h5-9H,10H2,1-4H3. The molecule has 0 unspecified atom stereocenters. The molecule has 0 aliphatic carbocycles. The number of rotatable bonds is 8. The number of hydrogen-bond acceptors (Lipinski definition) is 7. The summed E-state index contributed by atoms with van der Waals surface area (Å²) in [5.74, 6) is 0.0773. The van der Waals surface area contributed by atoms with Gasteiger partial charge in [0.15, 0.2) is 23.1 Å². The van der Waals surface area contributed by atoms with Crippen molar-refractivity contribution in [1.82, 2.24) is 0 Å². The minimum Gasteiger partial charge on any atom is -0.493 e. The van der Waals surface area contributed by atoms with Crippen LogP contribution < -0.4 is 14.2 Å². The number of carbonyl (C=O) groups excluding carboxylic acids is 2. The molecular formula is C19H19NO7. The van der Waals surface area contributed by atoms with E-state index >= 15 is 0 Å². The second kappa shape index (κ2) is 8.31. The van der Waals surface area contributed by atoms with Crippen molar-refractivity contribution >= 4 is 17.3 Å². The van der Waals surface area contributed by atoms with Gasteiger partial charge in [0.25, 0.3) is 5.69 Å². The van der Waals surface area contributed by atoms with Crippen LogP contribution in [0.5, 0.6) is 17.2 Å². The van der Waals surface area contributed by atoms with Crippen molar-refractivity contribution in [2.24, 2.45) is 0 Å². The Morgan fingerprint density at radius 2 is 1.48 bits per heavy atom. The van der Waals surface area contributed by atoms with Crippen molar-refractivity contribution in [3.05, 3.63) is 57.1 Å². The number of hydrogen-bond donors (Lipinski definition) is 0. The van der Waals surface area contributed by atoms with E-state index in [0.29, 0.717) is 22.8 Å². The monoisotopic (exact) mass is 373 g/mol. The van der Waals surface area contributed by atoms with Crippen LogP contribution in [0.25, 0.3) is 0 Å². The number of benzene rings is 2. The van der Waals surface area contributed by atoms with Crippen LogP contribution in [0.2, 0.25) is 0 Å². The molecule has 0 saturated heterocycles. The van der Waals surface area contributed by atoms with Gasteiger partial charge in [-0.05, 0) is 31.2 Å². The number of nitro groups is 1. The highest BCUT2D eigenvalue weighted by atomic mass is 16.6. The summed E-state index contributed by atoms with van der Waals surface area (Å²) in [5.41, 5.74) is 0.740. The van der Waals surface area contributed by atoms with E-state index in [1.54, 1.807) is 0 Å². The van der Waals surface area contributed by atoms with Gasteiger partial charge in [-0.3, -0.25) is 19.7 Å². The number of carbonyl (C=O) groups is 2. The smallest absolute Gasteiger partial charge is 0.272 e. The van der Waals surface area contributed by atoms with Gasteiger partial charge in [0.05, 0.1) is 32.7 Å². The second-order valence-electron chi connectivity index (χ2n) is 5.70. The Morgan fingerprint density at radius 1 is 0.926 bits per heavy atom. The lowest BCUT2D eigenvalue weighted by Gasteiger charge is -2.13. The van der Waals surface area contributed by atoms with Gasteiger partial charge in [0.1, 0.15) is 0 Å². The molecule has 0 aliphatic rings. The molecule has 27 heavy (non-hydrogen) atoms. The number of Topliss-reactive ketones (excluding diaryl/α,β-unsaturated/α-hetero) is 2. The highest BCUT2D eigenvalue weighted by Crippen LogP contribution is 2.38. The molecule has 2 rings (SSSR count). The van der Waals surface area contributed by atoms with Crippen LogP contribution in [0.3, 0.4) is 0 Å². The molecule has 0 N–H and O–H groups in total. The normalized spacial score (nSPS) is 10.2. The lowest BCUT2D eigenvalue weighted by molar-refractivity contribution is -0.385. The van der Waals surface area contributed by atoms with E-state index < -0.39 is 22.9 Å². The highest BCUT2D eigenvalue weighted by Gasteiger charge is 2.20.